The molecule has 0 amide bonds. The molecule has 0 aliphatic carbocycles. The van der Waals surface area contributed by atoms with E-state index in [1.807, 2.05) is 0 Å². The number of hydrogen-bond acceptors (Lipinski definition) is 2. The molecule has 1 saturated heterocycles. The van der Waals surface area contributed by atoms with Crippen LogP contribution in [0, 0.1) is 0 Å². The molecule has 1 atom stereocenters. The summed E-state index contributed by atoms with van der Waals surface area (Å²) in [4.78, 5) is 2.40. The van der Waals surface area contributed by atoms with Crippen LogP contribution in [0.3, 0.4) is 0 Å². The Labute approximate surface area is 82.0 Å². The molecule has 1 rings (SSSR count). The molecule has 0 aromatic rings. The van der Waals surface area contributed by atoms with Gasteiger partial charge in [0.05, 0.1) is 0 Å². The van der Waals surface area contributed by atoms with Crippen molar-refractivity contribution in [1.29, 1.82) is 0 Å². The monoisotopic (exact) mass is 182 g/mol. The van der Waals surface area contributed by atoms with Crippen LogP contribution in [0.1, 0.15) is 33.1 Å². The maximum absolute atomic E-state index is 4.11. The molecule has 1 aliphatic heterocycles. The highest BCUT2D eigenvalue weighted by Crippen LogP contribution is 2.12. The van der Waals surface area contributed by atoms with Gasteiger partial charge in [0, 0.05) is 31.4 Å². The van der Waals surface area contributed by atoms with E-state index in [1.54, 1.807) is 0 Å². The standard InChI is InChI=1S/C11H22N2/c1-4-10(2)12-9-11(3)13-7-5-6-8-13/h10,12H,3-9H2,1-2H3. The zero-order chi connectivity index (χ0) is 9.68. The maximum atomic E-state index is 4.11. The molecule has 76 valence electrons. The molecular weight excluding hydrogens is 160 g/mol. The van der Waals surface area contributed by atoms with Crippen molar-refractivity contribution in [2.75, 3.05) is 19.6 Å². The molecule has 1 aliphatic rings. The number of nitrogens with zero attached hydrogens (tertiary/aromatic N) is 1. The Hall–Kier alpha value is -0.500. The molecule has 2 heteroatoms. The summed E-state index contributed by atoms with van der Waals surface area (Å²) in [5, 5.41) is 3.47. The second-order valence-corrected chi connectivity index (χ2v) is 3.95. The molecule has 0 aromatic carbocycles. The van der Waals surface area contributed by atoms with Crippen molar-refractivity contribution in [1.82, 2.24) is 10.2 Å². The summed E-state index contributed by atoms with van der Waals surface area (Å²) in [6.45, 7) is 11.9. The molecule has 13 heavy (non-hydrogen) atoms. The van der Waals surface area contributed by atoms with Crippen molar-refractivity contribution >= 4 is 0 Å². The van der Waals surface area contributed by atoms with E-state index in [4.69, 9.17) is 0 Å². The van der Waals surface area contributed by atoms with Crippen molar-refractivity contribution < 1.29 is 0 Å². The molecule has 1 unspecified atom stereocenters. The fourth-order valence-electron chi connectivity index (χ4n) is 1.58. The summed E-state index contributed by atoms with van der Waals surface area (Å²) >= 11 is 0. The first kappa shape index (κ1) is 10.6. The Balaban J connectivity index is 2.16. The SMILES string of the molecule is C=C(CNC(C)CC)N1CCCC1. The van der Waals surface area contributed by atoms with Crippen LogP contribution in [0.15, 0.2) is 12.3 Å². The average molecular weight is 182 g/mol. The van der Waals surface area contributed by atoms with Crippen LogP contribution in [0.2, 0.25) is 0 Å². The highest BCUT2D eigenvalue weighted by Gasteiger charge is 2.12. The van der Waals surface area contributed by atoms with Gasteiger partial charge in [-0.3, -0.25) is 0 Å². The predicted octanol–water partition coefficient (Wildman–Crippen LogP) is 1.98. The molecule has 1 heterocycles. The Morgan fingerprint density at radius 1 is 1.46 bits per heavy atom. The first-order chi connectivity index (χ1) is 6.24. The van der Waals surface area contributed by atoms with Gasteiger partial charge >= 0.3 is 0 Å². The van der Waals surface area contributed by atoms with Crippen molar-refractivity contribution in [2.24, 2.45) is 0 Å². The lowest BCUT2D eigenvalue weighted by Crippen LogP contribution is -2.32. The maximum Gasteiger partial charge on any atom is 0.0352 e. The molecule has 0 radical (unpaired) electrons. The van der Waals surface area contributed by atoms with E-state index in [-0.39, 0.29) is 0 Å². The quantitative estimate of drug-likeness (QED) is 0.699. The van der Waals surface area contributed by atoms with E-state index < -0.39 is 0 Å². The fraction of sp³-hybridized carbons (Fsp3) is 0.818. The predicted molar refractivity (Wildman–Crippen MR) is 57.7 cm³/mol. The fourth-order valence-corrected chi connectivity index (χ4v) is 1.58. The van der Waals surface area contributed by atoms with E-state index in [2.05, 4.69) is 30.6 Å². The van der Waals surface area contributed by atoms with E-state index in [9.17, 15) is 0 Å². The zero-order valence-electron chi connectivity index (χ0n) is 8.97. The van der Waals surface area contributed by atoms with Crippen LogP contribution in [0.4, 0.5) is 0 Å². The Morgan fingerprint density at radius 2 is 2.08 bits per heavy atom. The normalized spacial score (nSPS) is 19.1. The summed E-state index contributed by atoms with van der Waals surface area (Å²) in [6, 6.07) is 0.611. The Bertz CT molecular complexity index is 159. The summed E-state index contributed by atoms with van der Waals surface area (Å²) in [7, 11) is 0. The third-order valence-corrected chi connectivity index (χ3v) is 2.82. The van der Waals surface area contributed by atoms with Gasteiger partial charge in [-0.1, -0.05) is 13.5 Å². The van der Waals surface area contributed by atoms with Gasteiger partial charge in [-0.15, -0.1) is 0 Å². The van der Waals surface area contributed by atoms with Gasteiger partial charge in [0.2, 0.25) is 0 Å². The first-order valence-corrected chi connectivity index (χ1v) is 5.40. The van der Waals surface area contributed by atoms with Gasteiger partial charge in [-0.2, -0.15) is 0 Å². The first-order valence-electron chi connectivity index (χ1n) is 5.40. The van der Waals surface area contributed by atoms with Gasteiger partial charge < -0.3 is 10.2 Å². The Kier molecular flexibility index (Phi) is 4.29. The molecular formula is C11H22N2. The smallest absolute Gasteiger partial charge is 0.0352 e. The van der Waals surface area contributed by atoms with Crippen LogP contribution in [0.25, 0.3) is 0 Å². The highest BCUT2D eigenvalue weighted by molar-refractivity contribution is 4.98. The number of rotatable bonds is 5. The topological polar surface area (TPSA) is 15.3 Å². The van der Waals surface area contributed by atoms with Gasteiger partial charge in [0.25, 0.3) is 0 Å². The summed E-state index contributed by atoms with van der Waals surface area (Å²) in [6.07, 6.45) is 3.86. The number of nitrogens with one attached hydrogen (secondary N) is 1. The third-order valence-electron chi connectivity index (χ3n) is 2.82. The number of likely N-dealkylation sites (tertiary alicyclic amines) is 1. The van der Waals surface area contributed by atoms with Crippen LogP contribution < -0.4 is 5.32 Å². The lowest BCUT2D eigenvalue weighted by molar-refractivity contribution is 0.400. The van der Waals surface area contributed by atoms with Crippen molar-refractivity contribution in [3.8, 4) is 0 Å². The van der Waals surface area contributed by atoms with Crippen LogP contribution in [-0.2, 0) is 0 Å². The average Bonchev–Trinajstić information content (AvgIpc) is 2.66. The Morgan fingerprint density at radius 3 is 2.62 bits per heavy atom. The van der Waals surface area contributed by atoms with Crippen LogP contribution in [-0.4, -0.2) is 30.6 Å². The lowest BCUT2D eigenvalue weighted by Gasteiger charge is -2.22. The number of hydrogen-bond donors (Lipinski definition) is 1. The van der Waals surface area contributed by atoms with Gasteiger partial charge in [-0.05, 0) is 26.2 Å². The minimum Gasteiger partial charge on any atom is -0.374 e. The second kappa shape index (κ2) is 5.28. The summed E-state index contributed by atoms with van der Waals surface area (Å²) < 4.78 is 0. The van der Waals surface area contributed by atoms with Gasteiger partial charge in [0.1, 0.15) is 0 Å². The molecule has 2 nitrogen and oxygen atoms in total. The largest absolute Gasteiger partial charge is 0.374 e. The third kappa shape index (κ3) is 3.39. The van der Waals surface area contributed by atoms with E-state index >= 15 is 0 Å². The van der Waals surface area contributed by atoms with Crippen molar-refractivity contribution in [2.45, 2.75) is 39.2 Å². The second-order valence-electron chi connectivity index (χ2n) is 3.95. The minimum absolute atomic E-state index is 0.611. The highest BCUT2D eigenvalue weighted by atomic mass is 15.2. The lowest BCUT2D eigenvalue weighted by atomic mass is 10.2. The van der Waals surface area contributed by atoms with E-state index in [1.165, 1.54) is 38.0 Å². The van der Waals surface area contributed by atoms with E-state index in [0.717, 1.165) is 6.54 Å². The molecule has 0 bridgehead atoms. The van der Waals surface area contributed by atoms with Crippen molar-refractivity contribution in [3.63, 3.8) is 0 Å². The van der Waals surface area contributed by atoms with Crippen LogP contribution in [0.5, 0.6) is 0 Å². The van der Waals surface area contributed by atoms with Gasteiger partial charge in [0.15, 0.2) is 0 Å². The van der Waals surface area contributed by atoms with E-state index in [0.29, 0.717) is 6.04 Å². The van der Waals surface area contributed by atoms with Gasteiger partial charge in [-0.25, -0.2) is 0 Å². The van der Waals surface area contributed by atoms with Crippen molar-refractivity contribution in [3.05, 3.63) is 12.3 Å². The summed E-state index contributed by atoms with van der Waals surface area (Å²) in [5.41, 5.74) is 1.26. The molecule has 0 aromatic heterocycles. The van der Waals surface area contributed by atoms with Crippen LogP contribution >= 0.6 is 0 Å². The molecule has 0 saturated carbocycles. The minimum atomic E-state index is 0.611. The molecule has 0 spiro atoms. The zero-order valence-corrected chi connectivity index (χ0v) is 8.97. The molecule has 1 fully saturated rings. The molecule has 1 N–H and O–H groups in total. The summed E-state index contributed by atoms with van der Waals surface area (Å²) in [5.74, 6) is 0.